The van der Waals surface area contributed by atoms with Gasteiger partial charge in [0.15, 0.2) is 0 Å². The summed E-state index contributed by atoms with van der Waals surface area (Å²) in [6, 6.07) is 23.9. The third kappa shape index (κ3) is 6.19. The number of nitrogens with one attached hydrogen (secondary N) is 1. The van der Waals surface area contributed by atoms with Crippen molar-refractivity contribution in [3.63, 3.8) is 0 Å². The summed E-state index contributed by atoms with van der Waals surface area (Å²) in [4.78, 5) is 27.5. The molecule has 0 unspecified atom stereocenters. The number of carbonyl (C=O) groups is 2. The Morgan fingerprint density at radius 2 is 1.68 bits per heavy atom. The summed E-state index contributed by atoms with van der Waals surface area (Å²) < 4.78 is 5.70. The second-order valence-electron chi connectivity index (χ2n) is 7.38. The number of carbonyl (C=O) groups excluding carboxylic acids is 2. The average Bonchev–Trinajstić information content (AvgIpc) is 2.80. The van der Waals surface area contributed by atoms with Gasteiger partial charge in [0.25, 0.3) is 11.8 Å². The van der Waals surface area contributed by atoms with Crippen LogP contribution >= 0.6 is 0 Å². The van der Waals surface area contributed by atoms with Crippen LogP contribution in [0.4, 0.5) is 5.69 Å². The molecule has 3 aromatic rings. The second-order valence-corrected chi connectivity index (χ2v) is 7.38. The van der Waals surface area contributed by atoms with Crippen molar-refractivity contribution in [2.24, 2.45) is 0 Å². The molecular weight excluding hydrogens is 388 g/mol. The summed E-state index contributed by atoms with van der Waals surface area (Å²) in [7, 11) is 1.76. The number of benzene rings is 3. The van der Waals surface area contributed by atoms with Gasteiger partial charge in [-0.1, -0.05) is 61.9 Å². The normalized spacial score (nSPS) is 10.4. The van der Waals surface area contributed by atoms with E-state index < -0.39 is 0 Å². The summed E-state index contributed by atoms with van der Waals surface area (Å²) in [6.07, 6.45) is 2.01. The molecule has 0 radical (unpaired) electrons. The van der Waals surface area contributed by atoms with Crippen LogP contribution in [-0.2, 0) is 6.54 Å². The monoisotopic (exact) mass is 416 g/mol. The van der Waals surface area contributed by atoms with Gasteiger partial charge in [0, 0.05) is 19.2 Å². The molecule has 160 valence electrons. The summed E-state index contributed by atoms with van der Waals surface area (Å²) in [6.45, 7) is 3.20. The molecular formula is C26H28N2O3. The van der Waals surface area contributed by atoms with Crippen LogP contribution in [0, 0.1) is 0 Å². The molecule has 0 saturated heterocycles. The first-order valence-corrected chi connectivity index (χ1v) is 10.5. The molecule has 31 heavy (non-hydrogen) atoms. The van der Waals surface area contributed by atoms with E-state index in [1.807, 2.05) is 36.4 Å². The highest BCUT2D eigenvalue weighted by molar-refractivity contribution is 6.09. The number of ether oxygens (including phenoxy) is 1. The van der Waals surface area contributed by atoms with E-state index in [0.717, 1.165) is 18.4 Å². The zero-order chi connectivity index (χ0) is 22.1. The molecule has 0 heterocycles. The molecule has 0 fully saturated rings. The number of unbranched alkanes of at least 4 members (excludes halogenated alkanes) is 1. The van der Waals surface area contributed by atoms with Gasteiger partial charge >= 0.3 is 0 Å². The van der Waals surface area contributed by atoms with E-state index in [9.17, 15) is 9.59 Å². The van der Waals surface area contributed by atoms with Gasteiger partial charge < -0.3 is 15.0 Å². The third-order valence-corrected chi connectivity index (χ3v) is 4.88. The molecule has 5 nitrogen and oxygen atoms in total. The molecule has 0 aliphatic rings. The fourth-order valence-electron chi connectivity index (χ4n) is 3.17. The predicted molar refractivity (Wildman–Crippen MR) is 123 cm³/mol. The maximum absolute atomic E-state index is 13.0. The number of para-hydroxylation sites is 1. The van der Waals surface area contributed by atoms with Crippen LogP contribution in [0.2, 0.25) is 0 Å². The SMILES string of the molecule is CCCCOc1cccc(C(=O)Nc2ccccc2C(=O)N(C)Cc2ccccc2)c1. The molecule has 1 N–H and O–H groups in total. The third-order valence-electron chi connectivity index (χ3n) is 4.88. The van der Waals surface area contributed by atoms with Gasteiger partial charge in [0.1, 0.15) is 5.75 Å². The quantitative estimate of drug-likeness (QED) is 0.476. The Kier molecular flexibility index (Phi) is 7.82. The number of amides is 2. The van der Waals surface area contributed by atoms with Crippen molar-refractivity contribution in [3.8, 4) is 5.75 Å². The van der Waals surface area contributed by atoms with E-state index in [4.69, 9.17) is 4.74 Å². The zero-order valence-electron chi connectivity index (χ0n) is 18.0. The maximum Gasteiger partial charge on any atom is 0.256 e. The predicted octanol–water partition coefficient (Wildman–Crippen LogP) is 5.39. The van der Waals surface area contributed by atoms with Crippen LogP contribution in [0.3, 0.4) is 0 Å². The zero-order valence-corrected chi connectivity index (χ0v) is 18.0. The smallest absolute Gasteiger partial charge is 0.256 e. The minimum atomic E-state index is -0.285. The Hall–Kier alpha value is -3.60. The summed E-state index contributed by atoms with van der Waals surface area (Å²) in [5.41, 5.74) is 2.45. The average molecular weight is 417 g/mol. The van der Waals surface area contributed by atoms with Gasteiger partial charge in [0.05, 0.1) is 17.9 Å². The molecule has 0 bridgehead atoms. The highest BCUT2D eigenvalue weighted by atomic mass is 16.5. The van der Waals surface area contributed by atoms with Crippen LogP contribution in [-0.4, -0.2) is 30.4 Å². The van der Waals surface area contributed by atoms with E-state index in [0.29, 0.717) is 35.7 Å². The molecule has 0 aliphatic carbocycles. The molecule has 0 spiro atoms. The van der Waals surface area contributed by atoms with Crippen molar-refractivity contribution in [1.82, 2.24) is 4.90 Å². The van der Waals surface area contributed by atoms with Crippen molar-refractivity contribution in [1.29, 1.82) is 0 Å². The largest absolute Gasteiger partial charge is 0.494 e. The Balaban J connectivity index is 1.72. The highest BCUT2D eigenvalue weighted by Gasteiger charge is 2.18. The van der Waals surface area contributed by atoms with Crippen molar-refractivity contribution in [2.75, 3.05) is 19.0 Å². The van der Waals surface area contributed by atoms with Gasteiger partial charge in [-0.2, -0.15) is 0 Å². The lowest BCUT2D eigenvalue weighted by atomic mass is 10.1. The van der Waals surface area contributed by atoms with Crippen LogP contribution < -0.4 is 10.1 Å². The van der Waals surface area contributed by atoms with Gasteiger partial charge in [-0.15, -0.1) is 0 Å². The Bertz CT molecular complexity index is 1020. The standard InChI is InChI=1S/C26H28N2O3/c1-3-4-17-31-22-14-10-13-21(18-22)25(29)27-24-16-9-8-15-23(24)26(30)28(2)19-20-11-6-5-7-12-20/h5-16,18H,3-4,17,19H2,1-2H3,(H,27,29). The van der Waals surface area contributed by atoms with Crippen molar-refractivity contribution >= 4 is 17.5 Å². The minimum absolute atomic E-state index is 0.156. The second kappa shape index (κ2) is 11.0. The van der Waals surface area contributed by atoms with Crippen LogP contribution in [0.1, 0.15) is 46.0 Å². The Labute approximate surface area is 183 Å². The first-order chi connectivity index (χ1) is 15.1. The molecule has 3 rings (SSSR count). The lowest BCUT2D eigenvalue weighted by molar-refractivity contribution is 0.0786. The fourth-order valence-corrected chi connectivity index (χ4v) is 3.17. The van der Waals surface area contributed by atoms with Gasteiger partial charge in [-0.25, -0.2) is 0 Å². The van der Waals surface area contributed by atoms with Crippen molar-refractivity contribution < 1.29 is 14.3 Å². The summed E-state index contributed by atoms with van der Waals surface area (Å²) in [5.74, 6) is 0.219. The molecule has 3 aromatic carbocycles. The molecule has 0 saturated carbocycles. The number of hydrogen-bond donors (Lipinski definition) is 1. The highest BCUT2D eigenvalue weighted by Crippen LogP contribution is 2.20. The summed E-state index contributed by atoms with van der Waals surface area (Å²) >= 11 is 0. The number of hydrogen-bond acceptors (Lipinski definition) is 3. The first-order valence-electron chi connectivity index (χ1n) is 10.5. The van der Waals surface area contributed by atoms with Crippen LogP contribution in [0.5, 0.6) is 5.75 Å². The first kappa shape index (κ1) is 22.1. The van der Waals surface area contributed by atoms with Crippen LogP contribution in [0.15, 0.2) is 78.9 Å². The lowest BCUT2D eigenvalue weighted by Crippen LogP contribution is -2.27. The van der Waals surface area contributed by atoms with E-state index in [1.54, 1.807) is 54.4 Å². The molecule has 0 aromatic heterocycles. The van der Waals surface area contributed by atoms with Gasteiger partial charge in [0.2, 0.25) is 0 Å². The maximum atomic E-state index is 13.0. The lowest BCUT2D eigenvalue weighted by Gasteiger charge is -2.19. The number of anilines is 1. The fraction of sp³-hybridized carbons (Fsp3) is 0.231. The Morgan fingerprint density at radius 3 is 2.45 bits per heavy atom. The van der Waals surface area contributed by atoms with Crippen molar-refractivity contribution in [2.45, 2.75) is 26.3 Å². The topological polar surface area (TPSA) is 58.6 Å². The van der Waals surface area contributed by atoms with Crippen LogP contribution in [0.25, 0.3) is 0 Å². The minimum Gasteiger partial charge on any atom is -0.494 e. The van der Waals surface area contributed by atoms with E-state index in [1.165, 1.54) is 0 Å². The van der Waals surface area contributed by atoms with E-state index >= 15 is 0 Å². The molecule has 2 amide bonds. The summed E-state index contributed by atoms with van der Waals surface area (Å²) in [5, 5.41) is 2.88. The number of nitrogens with zero attached hydrogens (tertiary/aromatic N) is 1. The van der Waals surface area contributed by atoms with Gasteiger partial charge in [-0.05, 0) is 42.3 Å². The molecule has 5 heteroatoms. The van der Waals surface area contributed by atoms with E-state index in [2.05, 4.69) is 12.2 Å². The molecule has 0 aliphatic heterocycles. The molecule has 0 atom stereocenters. The van der Waals surface area contributed by atoms with Crippen molar-refractivity contribution in [3.05, 3.63) is 95.6 Å². The van der Waals surface area contributed by atoms with Gasteiger partial charge in [-0.3, -0.25) is 9.59 Å². The number of rotatable bonds is 9. The van der Waals surface area contributed by atoms with E-state index in [-0.39, 0.29) is 11.8 Å². The Morgan fingerprint density at radius 1 is 0.935 bits per heavy atom.